The summed E-state index contributed by atoms with van der Waals surface area (Å²) in [4.78, 5) is 0. The molecule has 0 aromatic heterocycles. The van der Waals surface area contributed by atoms with E-state index in [9.17, 15) is 0 Å². The first-order valence-electron chi connectivity index (χ1n) is 5.31. The van der Waals surface area contributed by atoms with Crippen molar-refractivity contribution in [3.05, 3.63) is 0 Å². The van der Waals surface area contributed by atoms with E-state index in [1.54, 1.807) is 0 Å². The van der Waals surface area contributed by atoms with Crippen LogP contribution < -0.4 is 5.32 Å². The Morgan fingerprint density at radius 3 is 1.85 bits per heavy atom. The van der Waals surface area contributed by atoms with E-state index in [1.807, 2.05) is 0 Å². The van der Waals surface area contributed by atoms with Gasteiger partial charge in [-0.05, 0) is 24.9 Å². The van der Waals surface area contributed by atoms with Crippen LogP contribution in [-0.4, -0.2) is 21.7 Å². The van der Waals surface area contributed by atoms with Crippen molar-refractivity contribution in [2.45, 2.75) is 46.5 Å². The zero-order chi connectivity index (χ0) is 10.7. The van der Waals surface area contributed by atoms with Gasteiger partial charge in [0.05, 0.1) is 0 Å². The molecular formula is C11H27NSi. The smallest absolute Gasteiger partial charge is 0.0446 e. The average molecular weight is 201 g/mol. The molecule has 80 valence electrons. The molecule has 0 amide bonds. The van der Waals surface area contributed by atoms with Gasteiger partial charge in [0.1, 0.15) is 0 Å². The molecule has 0 radical (unpaired) electrons. The molecule has 0 fully saturated rings. The molecular weight excluding hydrogens is 174 g/mol. The summed E-state index contributed by atoms with van der Waals surface area (Å²) in [6, 6.07) is 1.43. The molecule has 0 aromatic carbocycles. The van der Waals surface area contributed by atoms with Crippen LogP contribution in [0.2, 0.25) is 25.7 Å². The summed E-state index contributed by atoms with van der Waals surface area (Å²) in [6.45, 7) is 15.6. The summed E-state index contributed by atoms with van der Waals surface area (Å²) in [7, 11) is 1.15. The SMILES string of the molecule is CNCC(C[Si](C)(C)C)C(C)(C)C. The van der Waals surface area contributed by atoms with E-state index in [0.29, 0.717) is 5.41 Å². The Bertz CT molecular complexity index is 141. The maximum absolute atomic E-state index is 3.32. The highest BCUT2D eigenvalue weighted by molar-refractivity contribution is 6.76. The third kappa shape index (κ3) is 6.27. The maximum Gasteiger partial charge on any atom is 0.0446 e. The molecule has 0 aliphatic rings. The summed E-state index contributed by atoms with van der Waals surface area (Å²) in [5.74, 6) is 0.823. The van der Waals surface area contributed by atoms with Crippen LogP contribution in [0.25, 0.3) is 0 Å². The standard InChI is InChI=1S/C11H27NSi/c1-11(2,3)10(8-12-4)9-13(5,6)7/h10,12H,8-9H2,1-7H3. The minimum Gasteiger partial charge on any atom is -0.319 e. The minimum atomic E-state index is -0.907. The third-order valence-corrected chi connectivity index (χ3v) is 4.25. The van der Waals surface area contributed by atoms with Crippen LogP contribution in [0.3, 0.4) is 0 Å². The first kappa shape index (κ1) is 13.2. The molecule has 0 saturated heterocycles. The van der Waals surface area contributed by atoms with Crippen LogP contribution in [0.4, 0.5) is 0 Å². The largest absolute Gasteiger partial charge is 0.319 e. The van der Waals surface area contributed by atoms with Crippen molar-refractivity contribution in [1.29, 1.82) is 0 Å². The normalized spacial score (nSPS) is 15.9. The van der Waals surface area contributed by atoms with Crippen LogP contribution in [0.5, 0.6) is 0 Å². The summed E-state index contributed by atoms with van der Waals surface area (Å²) < 4.78 is 0. The van der Waals surface area contributed by atoms with E-state index >= 15 is 0 Å². The van der Waals surface area contributed by atoms with Crippen molar-refractivity contribution >= 4 is 8.07 Å². The predicted octanol–water partition coefficient (Wildman–Crippen LogP) is 3.21. The van der Waals surface area contributed by atoms with Crippen LogP contribution >= 0.6 is 0 Å². The average Bonchev–Trinajstić information content (AvgIpc) is 1.81. The fourth-order valence-electron chi connectivity index (χ4n) is 1.67. The van der Waals surface area contributed by atoms with Gasteiger partial charge in [0, 0.05) is 8.07 Å². The first-order valence-corrected chi connectivity index (χ1v) is 9.02. The second-order valence-corrected chi connectivity index (χ2v) is 11.9. The van der Waals surface area contributed by atoms with Crippen molar-refractivity contribution in [3.63, 3.8) is 0 Å². The molecule has 1 nitrogen and oxygen atoms in total. The summed E-state index contributed by atoms with van der Waals surface area (Å²) in [5, 5.41) is 3.32. The molecule has 0 aromatic rings. The maximum atomic E-state index is 3.32. The highest BCUT2D eigenvalue weighted by Gasteiger charge is 2.28. The zero-order valence-corrected chi connectivity index (χ0v) is 11.5. The molecule has 0 bridgehead atoms. The fraction of sp³-hybridized carbons (Fsp3) is 1.00. The lowest BCUT2D eigenvalue weighted by atomic mass is 9.82. The molecule has 1 unspecified atom stereocenters. The summed E-state index contributed by atoms with van der Waals surface area (Å²) in [5.41, 5.74) is 0.448. The molecule has 0 spiro atoms. The van der Waals surface area contributed by atoms with Gasteiger partial charge in [0.2, 0.25) is 0 Å². The Hall–Kier alpha value is 0.177. The topological polar surface area (TPSA) is 12.0 Å². The Balaban J connectivity index is 4.27. The zero-order valence-electron chi connectivity index (χ0n) is 10.5. The molecule has 0 aliphatic heterocycles. The highest BCUT2D eigenvalue weighted by Crippen LogP contribution is 2.32. The lowest BCUT2D eigenvalue weighted by Crippen LogP contribution is -2.36. The van der Waals surface area contributed by atoms with E-state index in [-0.39, 0.29) is 0 Å². The second kappa shape index (κ2) is 4.60. The van der Waals surface area contributed by atoms with Crippen LogP contribution in [0.15, 0.2) is 0 Å². The fourth-order valence-corrected chi connectivity index (χ4v) is 3.91. The quantitative estimate of drug-likeness (QED) is 0.689. The molecule has 1 N–H and O–H groups in total. The summed E-state index contributed by atoms with van der Waals surface area (Å²) in [6.07, 6.45) is 0. The van der Waals surface area contributed by atoms with Gasteiger partial charge in [-0.1, -0.05) is 46.5 Å². The molecule has 0 aliphatic carbocycles. The van der Waals surface area contributed by atoms with Crippen LogP contribution in [-0.2, 0) is 0 Å². The van der Waals surface area contributed by atoms with Crippen molar-refractivity contribution in [2.75, 3.05) is 13.6 Å². The van der Waals surface area contributed by atoms with E-state index < -0.39 is 8.07 Å². The first-order chi connectivity index (χ1) is 5.67. The number of hydrogen-bond donors (Lipinski definition) is 1. The monoisotopic (exact) mass is 201 g/mol. The van der Waals surface area contributed by atoms with Crippen molar-refractivity contribution in [1.82, 2.24) is 5.32 Å². The van der Waals surface area contributed by atoms with Crippen molar-refractivity contribution in [2.24, 2.45) is 11.3 Å². The number of hydrogen-bond acceptors (Lipinski definition) is 1. The number of rotatable bonds is 4. The van der Waals surface area contributed by atoms with Gasteiger partial charge in [-0.25, -0.2) is 0 Å². The summed E-state index contributed by atoms with van der Waals surface area (Å²) >= 11 is 0. The van der Waals surface area contributed by atoms with Gasteiger partial charge in [0.25, 0.3) is 0 Å². The van der Waals surface area contributed by atoms with E-state index in [0.717, 1.165) is 12.5 Å². The second-order valence-electron chi connectivity index (χ2n) is 6.39. The lowest BCUT2D eigenvalue weighted by Gasteiger charge is -2.34. The van der Waals surface area contributed by atoms with Crippen molar-refractivity contribution < 1.29 is 0 Å². The van der Waals surface area contributed by atoms with Gasteiger partial charge in [-0.15, -0.1) is 0 Å². The molecule has 1 atom stereocenters. The minimum absolute atomic E-state index is 0.448. The van der Waals surface area contributed by atoms with E-state index in [4.69, 9.17) is 0 Å². The van der Waals surface area contributed by atoms with E-state index in [2.05, 4.69) is 52.8 Å². The molecule has 0 saturated carbocycles. The van der Waals surface area contributed by atoms with Gasteiger partial charge in [-0.3, -0.25) is 0 Å². The van der Waals surface area contributed by atoms with Crippen molar-refractivity contribution in [3.8, 4) is 0 Å². The van der Waals surface area contributed by atoms with Gasteiger partial charge in [-0.2, -0.15) is 0 Å². The lowest BCUT2D eigenvalue weighted by molar-refractivity contribution is 0.255. The van der Waals surface area contributed by atoms with Gasteiger partial charge >= 0.3 is 0 Å². The molecule has 2 heteroatoms. The Morgan fingerprint density at radius 2 is 1.62 bits per heavy atom. The predicted molar refractivity (Wildman–Crippen MR) is 65.0 cm³/mol. The molecule has 0 heterocycles. The number of nitrogens with one attached hydrogen (secondary N) is 1. The van der Waals surface area contributed by atoms with Crippen LogP contribution in [0.1, 0.15) is 20.8 Å². The Labute approximate surface area is 85.3 Å². The Morgan fingerprint density at radius 1 is 1.15 bits per heavy atom. The van der Waals surface area contributed by atoms with Gasteiger partial charge < -0.3 is 5.32 Å². The van der Waals surface area contributed by atoms with Crippen LogP contribution in [0, 0.1) is 11.3 Å². The Kier molecular flexibility index (Phi) is 4.67. The van der Waals surface area contributed by atoms with Gasteiger partial charge in [0.15, 0.2) is 0 Å². The van der Waals surface area contributed by atoms with E-state index in [1.165, 1.54) is 6.04 Å². The highest BCUT2D eigenvalue weighted by atomic mass is 28.3. The third-order valence-electron chi connectivity index (χ3n) is 2.53. The molecule has 0 rings (SSSR count). The molecule has 13 heavy (non-hydrogen) atoms.